The number of carbonyl (C=O) groups is 2. The van der Waals surface area contributed by atoms with Crippen molar-refractivity contribution in [2.24, 2.45) is 5.41 Å². The van der Waals surface area contributed by atoms with Crippen LogP contribution in [-0.2, 0) is 4.79 Å². The Morgan fingerprint density at radius 1 is 1.19 bits per heavy atom. The van der Waals surface area contributed by atoms with Crippen molar-refractivity contribution in [1.29, 1.82) is 0 Å². The van der Waals surface area contributed by atoms with Gasteiger partial charge in [-0.15, -0.1) is 0 Å². The molecule has 0 bridgehead atoms. The van der Waals surface area contributed by atoms with Crippen LogP contribution < -0.4 is 5.56 Å². The average Bonchev–Trinajstić information content (AvgIpc) is 2.70. The summed E-state index contributed by atoms with van der Waals surface area (Å²) in [7, 11) is 0. The molecule has 6 nitrogen and oxygen atoms in total. The van der Waals surface area contributed by atoms with Gasteiger partial charge < -0.3 is 5.11 Å². The molecular weight excluding hydrogens is 399 g/mol. The maximum absolute atomic E-state index is 13.5. The monoisotopic (exact) mass is 424 g/mol. The largest absolute Gasteiger partial charge is 0.481 e. The zero-order chi connectivity index (χ0) is 22.8. The van der Waals surface area contributed by atoms with Crippen LogP contribution in [0, 0.1) is 11.2 Å². The maximum Gasteiger partial charge on any atom is 0.303 e. The van der Waals surface area contributed by atoms with E-state index in [-0.39, 0.29) is 23.3 Å². The maximum atomic E-state index is 13.5. The van der Waals surface area contributed by atoms with Crippen LogP contribution in [-0.4, -0.2) is 26.9 Å². The number of benzene rings is 2. The van der Waals surface area contributed by atoms with Crippen LogP contribution in [0.25, 0.3) is 16.6 Å². The van der Waals surface area contributed by atoms with Gasteiger partial charge >= 0.3 is 5.97 Å². The fourth-order valence-electron chi connectivity index (χ4n) is 3.77. The summed E-state index contributed by atoms with van der Waals surface area (Å²) in [5, 5.41) is 9.41. The van der Waals surface area contributed by atoms with E-state index < -0.39 is 11.8 Å². The Kier molecular flexibility index (Phi) is 6.34. The summed E-state index contributed by atoms with van der Waals surface area (Å²) in [5.41, 5.74) is 0.619. The molecule has 31 heavy (non-hydrogen) atoms. The van der Waals surface area contributed by atoms with E-state index in [0.717, 1.165) is 0 Å². The van der Waals surface area contributed by atoms with Crippen molar-refractivity contribution in [1.82, 2.24) is 9.55 Å². The molecule has 1 heterocycles. The lowest BCUT2D eigenvalue weighted by molar-refractivity contribution is -0.137. The van der Waals surface area contributed by atoms with E-state index in [1.807, 2.05) is 20.8 Å². The normalized spacial score (nSPS) is 12.6. The molecule has 2 aromatic carbocycles. The highest BCUT2D eigenvalue weighted by Gasteiger charge is 2.31. The molecule has 0 aliphatic heterocycles. The number of aliphatic carboxylic acids is 1. The van der Waals surface area contributed by atoms with Gasteiger partial charge in [0.2, 0.25) is 0 Å². The van der Waals surface area contributed by atoms with Gasteiger partial charge in [-0.25, -0.2) is 9.37 Å². The SMILES string of the molecule is CC(C)(C)C(CCCC(=O)O)c1nc2cc(C=O)ccc2c(=O)n1-c1ccc(F)cc1. The van der Waals surface area contributed by atoms with Gasteiger partial charge in [-0.2, -0.15) is 0 Å². The van der Waals surface area contributed by atoms with Gasteiger partial charge in [0, 0.05) is 17.9 Å². The molecule has 0 saturated heterocycles. The number of carbonyl (C=O) groups excluding carboxylic acids is 1. The molecule has 0 aliphatic rings. The summed E-state index contributed by atoms with van der Waals surface area (Å²) < 4.78 is 15.0. The predicted octanol–water partition coefficient (Wildman–Crippen LogP) is 4.72. The minimum absolute atomic E-state index is 0.0102. The number of hydrogen-bond donors (Lipinski definition) is 1. The molecule has 162 valence electrons. The second-order valence-corrected chi connectivity index (χ2v) is 8.69. The van der Waals surface area contributed by atoms with Crippen molar-refractivity contribution in [2.45, 2.75) is 46.0 Å². The number of carboxylic acids is 1. The van der Waals surface area contributed by atoms with Crippen LogP contribution >= 0.6 is 0 Å². The first-order chi connectivity index (χ1) is 14.6. The molecule has 1 aromatic heterocycles. The number of aldehydes is 1. The van der Waals surface area contributed by atoms with Gasteiger partial charge in [0.25, 0.3) is 5.56 Å². The van der Waals surface area contributed by atoms with Crippen molar-refractivity contribution in [3.63, 3.8) is 0 Å². The van der Waals surface area contributed by atoms with Gasteiger partial charge in [0.1, 0.15) is 17.9 Å². The molecule has 0 fully saturated rings. The zero-order valence-electron chi connectivity index (χ0n) is 17.8. The number of fused-ring (bicyclic) bond motifs is 1. The summed E-state index contributed by atoms with van der Waals surface area (Å²) >= 11 is 0. The van der Waals surface area contributed by atoms with Crippen LogP contribution in [0.15, 0.2) is 47.3 Å². The second kappa shape index (κ2) is 8.79. The Hall–Kier alpha value is -3.35. The third-order valence-electron chi connectivity index (χ3n) is 5.38. The highest BCUT2D eigenvalue weighted by Crippen LogP contribution is 2.39. The van der Waals surface area contributed by atoms with Gasteiger partial charge in [-0.05, 0) is 54.7 Å². The number of nitrogens with zero attached hydrogens (tertiary/aromatic N) is 2. The lowest BCUT2D eigenvalue weighted by Gasteiger charge is -2.32. The smallest absolute Gasteiger partial charge is 0.303 e. The van der Waals surface area contributed by atoms with E-state index >= 15 is 0 Å². The summed E-state index contributed by atoms with van der Waals surface area (Å²) in [4.78, 5) is 40.5. The van der Waals surface area contributed by atoms with Crippen molar-refractivity contribution in [2.75, 3.05) is 0 Å². The van der Waals surface area contributed by atoms with Crippen molar-refractivity contribution in [3.8, 4) is 5.69 Å². The van der Waals surface area contributed by atoms with Crippen molar-refractivity contribution in [3.05, 3.63) is 70.0 Å². The molecule has 1 atom stereocenters. The quantitative estimate of drug-likeness (QED) is 0.554. The highest BCUT2D eigenvalue weighted by atomic mass is 19.1. The van der Waals surface area contributed by atoms with Crippen LogP contribution in [0.5, 0.6) is 0 Å². The van der Waals surface area contributed by atoms with E-state index in [2.05, 4.69) is 0 Å². The highest BCUT2D eigenvalue weighted by molar-refractivity contribution is 5.86. The van der Waals surface area contributed by atoms with E-state index in [1.165, 1.54) is 28.8 Å². The third kappa shape index (κ3) is 4.87. The standard InChI is InChI=1S/C24H25FN2O4/c1-24(2,3)19(5-4-6-21(29)30)22-26-20-13-15(14-28)7-12-18(20)23(31)27(22)17-10-8-16(25)9-11-17/h7-14,19H,4-6H2,1-3H3,(H,29,30). The second-order valence-electron chi connectivity index (χ2n) is 8.69. The number of hydrogen-bond acceptors (Lipinski definition) is 4. The Balaban J connectivity index is 2.30. The predicted molar refractivity (Wildman–Crippen MR) is 116 cm³/mol. The molecule has 0 amide bonds. The molecular formula is C24H25FN2O4. The fraction of sp³-hybridized carbons (Fsp3) is 0.333. The minimum Gasteiger partial charge on any atom is -0.481 e. The molecule has 0 aliphatic carbocycles. The Morgan fingerprint density at radius 3 is 2.45 bits per heavy atom. The van der Waals surface area contributed by atoms with Gasteiger partial charge in [-0.3, -0.25) is 19.0 Å². The lowest BCUT2D eigenvalue weighted by atomic mass is 9.77. The Labute approximate surface area is 179 Å². The number of aromatic nitrogens is 2. The number of halogens is 1. The van der Waals surface area contributed by atoms with Crippen LogP contribution in [0.4, 0.5) is 4.39 Å². The van der Waals surface area contributed by atoms with Crippen LogP contribution in [0.2, 0.25) is 0 Å². The van der Waals surface area contributed by atoms with Crippen molar-refractivity contribution < 1.29 is 19.1 Å². The topological polar surface area (TPSA) is 89.3 Å². The van der Waals surface area contributed by atoms with Crippen LogP contribution in [0.3, 0.4) is 0 Å². The first kappa shape index (κ1) is 22.3. The zero-order valence-corrected chi connectivity index (χ0v) is 17.8. The first-order valence-electron chi connectivity index (χ1n) is 10.1. The Bertz CT molecular complexity index is 1180. The molecule has 0 saturated carbocycles. The average molecular weight is 424 g/mol. The minimum atomic E-state index is -0.884. The van der Waals surface area contributed by atoms with E-state index in [4.69, 9.17) is 10.1 Å². The molecule has 3 rings (SSSR count). The lowest BCUT2D eigenvalue weighted by Crippen LogP contribution is -2.30. The van der Waals surface area contributed by atoms with E-state index in [9.17, 15) is 18.8 Å². The molecule has 1 unspecified atom stereocenters. The van der Waals surface area contributed by atoms with Gasteiger partial charge in [0.15, 0.2) is 0 Å². The Morgan fingerprint density at radius 2 is 1.87 bits per heavy atom. The summed E-state index contributed by atoms with van der Waals surface area (Å²) in [6.07, 6.45) is 1.63. The molecule has 7 heteroatoms. The van der Waals surface area contributed by atoms with Crippen molar-refractivity contribution >= 4 is 23.2 Å². The third-order valence-corrected chi connectivity index (χ3v) is 5.38. The first-order valence-corrected chi connectivity index (χ1v) is 10.1. The summed E-state index contributed by atoms with van der Waals surface area (Å²) in [6, 6.07) is 10.3. The van der Waals surface area contributed by atoms with E-state index in [0.29, 0.717) is 47.1 Å². The fourth-order valence-corrected chi connectivity index (χ4v) is 3.77. The van der Waals surface area contributed by atoms with Gasteiger partial charge in [-0.1, -0.05) is 26.8 Å². The van der Waals surface area contributed by atoms with E-state index in [1.54, 1.807) is 18.2 Å². The molecule has 0 radical (unpaired) electrons. The molecule has 3 aromatic rings. The number of rotatable bonds is 7. The number of carboxylic acid groups (broad SMARTS) is 1. The molecule has 1 N–H and O–H groups in total. The van der Waals surface area contributed by atoms with Crippen LogP contribution in [0.1, 0.15) is 62.1 Å². The molecule has 0 spiro atoms. The summed E-state index contributed by atoms with van der Waals surface area (Å²) in [6.45, 7) is 6.02. The van der Waals surface area contributed by atoms with Gasteiger partial charge in [0.05, 0.1) is 16.6 Å². The summed E-state index contributed by atoms with van der Waals surface area (Å²) in [5.74, 6) is -1.10.